The fraction of sp³-hybridized carbons (Fsp3) is 0.368. The van der Waals surface area contributed by atoms with Gasteiger partial charge in [-0.2, -0.15) is 0 Å². The monoisotopic (exact) mass is 608 g/mol. The lowest BCUT2D eigenvalue weighted by Crippen LogP contribution is -2.51. The Hall–Kier alpha value is -4.20. The van der Waals surface area contributed by atoms with E-state index in [0.717, 1.165) is 38.6 Å². The number of ether oxygens (including phenoxy) is 3. The van der Waals surface area contributed by atoms with Crippen molar-refractivity contribution in [3.63, 3.8) is 0 Å². The normalized spacial score (nSPS) is 13.1. The van der Waals surface area contributed by atoms with E-state index in [1.165, 1.54) is 0 Å². The van der Waals surface area contributed by atoms with Crippen LogP contribution in [-0.4, -0.2) is 55.6 Å². The molecule has 0 radical (unpaired) electrons. The molecule has 0 spiro atoms. The van der Waals surface area contributed by atoms with Crippen LogP contribution in [0, 0.1) is 5.92 Å². The Labute approximate surface area is 266 Å². The summed E-state index contributed by atoms with van der Waals surface area (Å²) in [5.74, 6) is -0.107. The number of carbonyl (C=O) groups excluding carboxylic acids is 2. The largest absolute Gasteiger partial charge is 0.449 e. The van der Waals surface area contributed by atoms with E-state index < -0.39 is 18.4 Å². The maximum Gasteiger partial charge on any atom is 0.407 e. The molecule has 0 saturated carbocycles. The minimum Gasteiger partial charge on any atom is -0.449 e. The van der Waals surface area contributed by atoms with Crippen molar-refractivity contribution in [3.05, 3.63) is 108 Å². The summed E-state index contributed by atoms with van der Waals surface area (Å²) in [5, 5.41) is 5.15. The Morgan fingerprint density at radius 2 is 1.40 bits per heavy atom. The van der Waals surface area contributed by atoms with Gasteiger partial charge in [0.1, 0.15) is 12.6 Å². The minimum atomic E-state index is -0.773. The topological polar surface area (TPSA) is 77.1 Å². The standard InChI is InChI=1S/C38H44N2O5/c1-5-43-36(44-6-2)24-40(23-27-19-20-28-13-7-8-14-29(28)22-27)37(41)35(21-26(3)4)39-38(42)45-25-34-32-17-11-9-15-30(32)31-16-10-12-18-33(31)34/h7-20,22,26,34-36H,5-6,21,23-25H2,1-4H3,(H,39,42). The van der Waals surface area contributed by atoms with Crippen LogP contribution in [-0.2, 0) is 25.5 Å². The molecule has 1 aliphatic rings. The lowest BCUT2D eigenvalue weighted by molar-refractivity contribution is -0.161. The van der Waals surface area contributed by atoms with Crippen LogP contribution in [0.4, 0.5) is 4.79 Å². The maximum atomic E-state index is 14.3. The van der Waals surface area contributed by atoms with Gasteiger partial charge in [0, 0.05) is 25.7 Å². The lowest BCUT2D eigenvalue weighted by atomic mass is 9.98. The first-order valence-electron chi connectivity index (χ1n) is 16.0. The summed E-state index contributed by atoms with van der Waals surface area (Å²) in [5.41, 5.74) is 5.59. The van der Waals surface area contributed by atoms with Crippen LogP contribution in [0.25, 0.3) is 21.9 Å². The van der Waals surface area contributed by atoms with E-state index in [2.05, 4.69) is 53.8 Å². The van der Waals surface area contributed by atoms with Crippen molar-refractivity contribution in [2.24, 2.45) is 5.92 Å². The molecular formula is C38H44N2O5. The van der Waals surface area contributed by atoms with Gasteiger partial charge in [-0.3, -0.25) is 4.79 Å². The van der Waals surface area contributed by atoms with Crippen LogP contribution in [0.15, 0.2) is 91.0 Å². The van der Waals surface area contributed by atoms with Crippen molar-refractivity contribution in [1.29, 1.82) is 0 Å². The third-order valence-corrected chi connectivity index (χ3v) is 8.21. The maximum absolute atomic E-state index is 14.3. The van der Waals surface area contributed by atoms with Crippen molar-refractivity contribution in [1.82, 2.24) is 10.2 Å². The lowest BCUT2D eigenvalue weighted by Gasteiger charge is -2.31. The molecule has 0 aromatic heterocycles. The first-order valence-corrected chi connectivity index (χ1v) is 16.0. The summed E-state index contributed by atoms with van der Waals surface area (Å²) in [6.45, 7) is 9.55. The smallest absolute Gasteiger partial charge is 0.407 e. The second kappa shape index (κ2) is 15.2. The van der Waals surface area contributed by atoms with Crippen LogP contribution in [0.3, 0.4) is 0 Å². The zero-order chi connectivity index (χ0) is 31.8. The molecule has 4 aromatic rings. The average Bonchev–Trinajstić information content (AvgIpc) is 3.36. The zero-order valence-corrected chi connectivity index (χ0v) is 26.7. The molecule has 236 valence electrons. The number of amides is 2. The summed E-state index contributed by atoms with van der Waals surface area (Å²) in [7, 11) is 0. The third kappa shape index (κ3) is 7.91. The van der Waals surface area contributed by atoms with E-state index in [4.69, 9.17) is 14.2 Å². The van der Waals surface area contributed by atoms with Crippen molar-refractivity contribution in [2.45, 2.75) is 58.9 Å². The van der Waals surface area contributed by atoms with Gasteiger partial charge >= 0.3 is 6.09 Å². The van der Waals surface area contributed by atoms with Crippen LogP contribution in [0.5, 0.6) is 0 Å². The van der Waals surface area contributed by atoms with Crippen molar-refractivity contribution < 1.29 is 23.8 Å². The molecule has 0 saturated heterocycles. The molecule has 4 aromatic carbocycles. The van der Waals surface area contributed by atoms with Crippen LogP contribution >= 0.6 is 0 Å². The predicted molar refractivity (Wildman–Crippen MR) is 178 cm³/mol. The number of hydrogen-bond acceptors (Lipinski definition) is 5. The van der Waals surface area contributed by atoms with E-state index in [0.29, 0.717) is 26.2 Å². The molecular weight excluding hydrogens is 564 g/mol. The average molecular weight is 609 g/mol. The summed E-state index contributed by atoms with van der Waals surface area (Å²) in [6.07, 6.45) is -0.725. The summed E-state index contributed by atoms with van der Waals surface area (Å²) >= 11 is 0. The number of benzene rings is 4. The highest BCUT2D eigenvalue weighted by molar-refractivity contribution is 5.86. The van der Waals surface area contributed by atoms with E-state index in [1.54, 1.807) is 4.90 Å². The Morgan fingerprint density at radius 3 is 2.02 bits per heavy atom. The summed E-state index contributed by atoms with van der Waals surface area (Å²) < 4.78 is 17.5. The molecule has 2 amide bonds. The Kier molecular flexibility index (Phi) is 10.9. The SMILES string of the molecule is CCOC(CN(Cc1ccc2ccccc2c1)C(=O)C(CC(C)C)NC(=O)OCC1c2ccccc2-c2ccccc21)OCC. The zero-order valence-electron chi connectivity index (χ0n) is 26.7. The molecule has 1 unspecified atom stereocenters. The number of nitrogens with zero attached hydrogens (tertiary/aromatic N) is 1. The molecule has 0 aliphatic heterocycles. The van der Waals surface area contributed by atoms with E-state index in [-0.39, 0.29) is 30.9 Å². The second-order valence-electron chi connectivity index (χ2n) is 11.9. The molecule has 5 rings (SSSR count). The molecule has 1 aliphatic carbocycles. The summed E-state index contributed by atoms with van der Waals surface area (Å²) in [6, 6.07) is 30.0. The number of nitrogens with one attached hydrogen (secondary N) is 1. The van der Waals surface area contributed by atoms with Gasteiger partial charge in [-0.1, -0.05) is 98.8 Å². The van der Waals surface area contributed by atoms with Gasteiger partial charge in [0.25, 0.3) is 0 Å². The van der Waals surface area contributed by atoms with Crippen molar-refractivity contribution >= 4 is 22.8 Å². The number of rotatable bonds is 14. The van der Waals surface area contributed by atoms with Gasteiger partial charge in [-0.15, -0.1) is 0 Å². The van der Waals surface area contributed by atoms with E-state index in [1.807, 2.05) is 70.2 Å². The molecule has 0 bridgehead atoms. The van der Waals surface area contributed by atoms with Crippen molar-refractivity contribution in [3.8, 4) is 11.1 Å². The second-order valence-corrected chi connectivity index (χ2v) is 11.9. The minimum absolute atomic E-state index is 0.0649. The highest BCUT2D eigenvalue weighted by Crippen LogP contribution is 2.44. The Morgan fingerprint density at radius 1 is 0.800 bits per heavy atom. The van der Waals surface area contributed by atoms with Gasteiger partial charge in [-0.05, 0) is 70.8 Å². The number of fused-ring (bicyclic) bond motifs is 4. The Balaban J connectivity index is 1.33. The van der Waals surface area contributed by atoms with E-state index >= 15 is 0 Å². The van der Waals surface area contributed by atoms with Gasteiger partial charge in [0.2, 0.25) is 5.91 Å². The number of carbonyl (C=O) groups is 2. The first-order chi connectivity index (χ1) is 21.9. The molecule has 0 fully saturated rings. The molecule has 45 heavy (non-hydrogen) atoms. The van der Waals surface area contributed by atoms with E-state index in [9.17, 15) is 9.59 Å². The highest BCUT2D eigenvalue weighted by Gasteiger charge is 2.32. The first kappa shape index (κ1) is 32.2. The van der Waals surface area contributed by atoms with Crippen LogP contribution in [0.2, 0.25) is 0 Å². The molecule has 1 N–H and O–H groups in total. The quantitative estimate of drug-likeness (QED) is 0.150. The molecule has 7 nitrogen and oxygen atoms in total. The van der Waals surface area contributed by atoms with Gasteiger partial charge < -0.3 is 24.4 Å². The predicted octanol–water partition coefficient (Wildman–Crippen LogP) is 7.52. The number of hydrogen-bond donors (Lipinski definition) is 1. The molecule has 0 heterocycles. The summed E-state index contributed by atoms with van der Waals surface area (Å²) in [4.78, 5) is 29.3. The van der Waals surface area contributed by atoms with Gasteiger partial charge in [0.05, 0.1) is 6.54 Å². The Bertz CT molecular complexity index is 1550. The van der Waals surface area contributed by atoms with Gasteiger partial charge in [0.15, 0.2) is 6.29 Å². The van der Waals surface area contributed by atoms with Crippen molar-refractivity contribution in [2.75, 3.05) is 26.4 Å². The van der Waals surface area contributed by atoms with Gasteiger partial charge in [-0.25, -0.2) is 4.79 Å². The fourth-order valence-electron chi connectivity index (χ4n) is 6.19. The number of alkyl carbamates (subject to hydrolysis) is 1. The molecule has 1 atom stereocenters. The third-order valence-electron chi connectivity index (χ3n) is 8.21. The fourth-order valence-corrected chi connectivity index (χ4v) is 6.19. The highest BCUT2D eigenvalue weighted by atomic mass is 16.7. The van der Waals surface area contributed by atoms with Crippen LogP contribution in [0.1, 0.15) is 56.7 Å². The molecule has 7 heteroatoms. The van der Waals surface area contributed by atoms with Crippen LogP contribution < -0.4 is 5.32 Å².